The first-order chi connectivity index (χ1) is 14.0. The molecule has 3 aromatic carbocycles. The topological polar surface area (TPSA) is 90.7 Å². The largest absolute Gasteiger partial charge is 0.494 e. The molecule has 0 aliphatic carbocycles. The van der Waals surface area contributed by atoms with Gasteiger partial charge in [-0.1, -0.05) is 42.5 Å². The van der Waals surface area contributed by atoms with Gasteiger partial charge in [-0.05, 0) is 36.2 Å². The SMILES string of the molecule is COc1cc([N+](=O)[O-])ccc1NC(=O)[C@@H](C)Oc1ccc(-c2ccccc2)cc1. The second-order valence-corrected chi connectivity index (χ2v) is 6.28. The van der Waals surface area contributed by atoms with Gasteiger partial charge in [0.1, 0.15) is 11.5 Å². The monoisotopic (exact) mass is 392 g/mol. The molecule has 3 rings (SSSR count). The van der Waals surface area contributed by atoms with Crippen molar-refractivity contribution in [3.05, 3.63) is 82.9 Å². The van der Waals surface area contributed by atoms with Gasteiger partial charge >= 0.3 is 0 Å². The maximum atomic E-state index is 12.5. The number of amides is 1. The number of ether oxygens (including phenoxy) is 2. The summed E-state index contributed by atoms with van der Waals surface area (Å²) in [5.74, 6) is 0.360. The van der Waals surface area contributed by atoms with Crippen molar-refractivity contribution in [1.29, 1.82) is 0 Å². The molecule has 0 bridgehead atoms. The predicted octanol–water partition coefficient (Wildman–Crippen LogP) is 4.68. The Morgan fingerprint density at radius 3 is 2.28 bits per heavy atom. The van der Waals surface area contributed by atoms with Crippen LogP contribution in [0.1, 0.15) is 6.92 Å². The Labute approximate surface area is 168 Å². The van der Waals surface area contributed by atoms with Crippen LogP contribution in [0.15, 0.2) is 72.8 Å². The number of anilines is 1. The second-order valence-electron chi connectivity index (χ2n) is 6.28. The van der Waals surface area contributed by atoms with Gasteiger partial charge in [-0.3, -0.25) is 14.9 Å². The number of hydrogen-bond donors (Lipinski definition) is 1. The molecule has 3 aromatic rings. The summed E-state index contributed by atoms with van der Waals surface area (Å²) in [5, 5.41) is 13.5. The van der Waals surface area contributed by atoms with Gasteiger partial charge < -0.3 is 14.8 Å². The average Bonchev–Trinajstić information content (AvgIpc) is 2.75. The third kappa shape index (κ3) is 4.90. The van der Waals surface area contributed by atoms with Crippen molar-refractivity contribution in [2.45, 2.75) is 13.0 Å². The van der Waals surface area contributed by atoms with Gasteiger partial charge in [0, 0.05) is 6.07 Å². The summed E-state index contributed by atoms with van der Waals surface area (Å²) in [7, 11) is 1.38. The van der Waals surface area contributed by atoms with Crippen molar-refractivity contribution < 1.29 is 19.2 Å². The Morgan fingerprint density at radius 1 is 1.00 bits per heavy atom. The Balaban J connectivity index is 1.66. The quantitative estimate of drug-likeness (QED) is 0.466. The van der Waals surface area contributed by atoms with E-state index in [1.54, 1.807) is 19.1 Å². The molecule has 0 spiro atoms. The highest BCUT2D eigenvalue weighted by Crippen LogP contribution is 2.29. The Hall–Kier alpha value is -3.87. The van der Waals surface area contributed by atoms with Crippen LogP contribution in [0.2, 0.25) is 0 Å². The fourth-order valence-electron chi connectivity index (χ4n) is 2.75. The van der Waals surface area contributed by atoms with E-state index in [-0.39, 0.29) is 11.4 Å². The molecule has 0 aliphatic heterocycles. The normalized spacial score (nSPS) is 11.4. The van der Waals surface area contributed by atoms with Gasteiger partial charge in [0.15, 0.2) is 6.10 Å². The van der Waals surface area contributed by atoms with E-state index in [9.17, 15) is 14.9 Å². The zero-order valence-electron chi connectivity index (χ0n) is 16.0. The summed E-state index contributed by atoms with van der Waals surface area (Å²) in [6, 6.07) is 21.4. The van der Waals surface area contributed by atoms with Crippen molar-refractivity contribution in [2.75, 3.05) is 12.4 Å². The van der Waals surface area contributed by atoms with Crippen molar-refractivity contribution in [3.8, 4) is 22.6 Å². The highest BCUT2D eigenvalue weighted by molar-refractivity contribution is 5.95. The molecule has 0 fully saturated rings. The van der Waals surface area contributed by atoms with Gasteiger partial charge in [-0.2, -0.15) is 0 Å². The molecule has 7 nitrogen and oxygen atoms in total. The number of nitro benzene ring substituents is 1. The summed E-state index contributed by atoms with van der Waals surface area (Å²) in [6.45, 7) is 1.62. The maximum absolute atomic E-state index is 12.5. The lowest BCUT2D eigenvalue weighted by Gasteiger charge is -2.16. The van der Waals surface area contributed by atoms with Crippen LogP contribution in [-0.2, 0) is 4.79 Å². The minimum atomic E-state index is -0.780. The Morgan fingerprint density at radius 2 is 1.66 bits per heavy atom. The number of nitrogens with one attached hydrogen (secondary N) is 1. The smallest absolute Gasteiger partial charge is 0.273 e. The number of nitro groups is 1. The molecule has 29 heavy (non-hydrogen) atoms. The number of carbonyl (C=O) groups is 1. The second kappa shape index (κ2) is 8.88. The average molecular weight is 392 g/mol. The van der Waals surface area contributed by atoms with Crippen LogP contribution < -0.4 is 14.8 Å². The van der Waals surface area contributed by atoms with E-state index in [0.717, 1.165) is 11.1 Å². The van der Waals surface area contributed by atoms with Crippen molar-refractivity contribution in [3.63, 3.8) is 0 Å². The molecule has 1 atom stereocenters. The first kappa shape index (κ1) is 19.9. The molecule has 0 aromatic heterocycles. The third-order valence-electron chi connectivity index (χ3n) is 4.30. The highest BCUT2D eigenvalue weighted by atomic mass is 16.6. The lowest BCUT2D eigenvalue weighted by molar-refractivity contribution is -0.384. The van der Waals surface area contributed by atoms with E-state index in [2.05, 4.69) is 5.32 Å². The zero-order chi connectivity index (χ0) is 20.8. The van der Waals surface area contributed by atoms with Crippen LogP contribution >= 0.6 is 0 Å². The first-order valence-corrected chi connectivity index (χ1v) is 8.93. The molecule has 0 radical (unpaired) electrons. The summed E-state index contributed by atoms with van der Waals surface area (Å²) in [5.41, 5.74) is 2.35. The Kier molecular flexibility index (Phi) is 6.09. The Bertz CT molecular complexity index is 1000. The summed E-state index contributed by atoms with van der Waals surface area (Å²) < 4.78 is 10.8. The number of nitrogens with zero attached hydrogens (tertiary/aromatic N) is 1. The van der Waals surface area contributed by atoms with E-state index in [1.807, 2.05) is 42.5 Å². The summed E-state index contributed by atoms with van der Waals surface area (Å²) >= 11 is 0. The van der Waals surface area contributed by atoms with Crippen LogP contribution in [-0.4, -0.2) is 24.0 Å². The molecular weight excluding hydrogens is 372 g/mol. The van der Waals surface area contributed by atoms with Crippen LogP contribution in [0, 0.1) is 10.1 Å². The van der Waals surface area contributed by atoms with Crippen molar-refractivity contribution >= 4 is 17.3 Å². The van der Waals surface area contributed by atoms with Gasteiger partial charge in [-0.25, -0.2) is 0 Å². The fraction of sp³-hybridized carbons (Fsp3) is 0.136. The minimum absolute atomic E-state index is 0.123. The standard InChI is InChI=1S/C22H20N2O5/c1-15(22(25)23-20-13-10-18(24(26)27)14-21(20)28-2)29-19-11-8-17(9-12-19)16-6-4-3-5-7-16/h3-15H,1-2H3,(H,23,25)/t15-/m1/s1. The molecule has 7 heteroatoms. The minimum Gasteiger partial charge on any atom is -0.494 e. The third-order valence-corrected chi connectivity index (χ3v) is 4.30. The molecule has 1 N–H and O–H groups in total. The van der Waals surface area contributed by atoms with Gasteiger partial charge in [0.2, 0.25) is 0 Å². The van der Waals surface area contributed by atoms with Crippen LogP contribution in [0.4, 0.5) is 11.4 Å². The molecule has 0 unspecified atom stereocenters. The van der Waals surface area contributed by atoms with Gasteiger partial charge in [0.05, 0.1) is 23.8 Å². The van der Waals surface area contributed by atoms with E-state index in [0.29, 0.717) is 11.4 Å². The molecule has 1 amide bonds. The van der Waals surface area contributed by atoms with E-state index in [1.165, 1.54) is 25.3 Å². The molecule has 148 valence electrons. The van der Waals surface area contributed by atoms with Gasteiger partial charge in [0.25, 0.3) is 11.6 Å². The summed E-state index contributed by atoms with van der Waals surface area (Å²) in [6.07, 6.45) is -0.780. The molecule has 0 aliphatic rings. The van der Waals surface area contributed by atoms with Crippen molar-refractivity contribution in [2.24, 2.45) is 0 Å². The molecular formula is C22H20N2O5. The van der Waals surface area contributed by atoms with E-state index >= 15 is 0 Å². The van der Waals surface area contributed by atoms with Crippen LogP contribution in [0.25, 0.3) is 11.1 Å². The molecule has 0 saturated heterocycles. The zero-order valence-corrected chi connectivity index (χ0v) is 16.0. The lowest BCUT2D eigenvalue weighted by atomic mass is 10.1. The lowest BCUT2D eigenvalue weighted by Crippen LogP contribution is -2.30. The number of methoxy groups -OCH3 is 1. The molecule has 0 heterocycles. The van der Waals surface area contributed by atoms with Gasteiger partial charge in [-0.15, -0.1) is 0 Å². The van der Waals surface area contributed by atoms with Crippen LogP contribution in [0.5, 0.6) is 11.5 Å². The fourth-order valence-corrected chi connectivity index (χ4v) is 2.75. The van der Waals surface area contributed by atoms with E-state index < -0.39 is 16.9 Å². The first-order valence-electron chi connectivity index (χ1n) is 8.93. The van der Waals surface area contributed by atoms with Crippen LogP contribution in [0.3, 0.4) is 0 Å². The van der Waals surface area contributed by atoms with E-state index in [4.69, 9.17) is 9.47 Å². The highest BCUT2D eigenvalue weighted by Gasteiger charge is 2.18. The van der Waals surface area contributed by atoms with Crippen molar-refractivity contribution in [1.82, 2.24) is 0 Å². The predicted molar refractivity (Wildman–Crippen MR) is 110 cm³/mol. The summed E-state index contributed by atoms with van der Waals surface area (Å²) in [4.78, 5) is 22.8. The number of hydrogen-bond acceptors (Lipinski definition) is 5. The molecule has 0 saturated carbocycles. The number of rotatable bonds is 7. The number of non-ortho nitro benzene ring substituents is 1. The number of benzene rings is 3. The maximum Gasteiger partial charge on any atom is 0.273 e. The number of carbonyl (C=O) groups excluding carboxylic acids is 1.